The molecule has 1 aliphatic carbocycles. The van der Waals surface area contributed by atoms with Gasteiger partial charge in [0, 0.05) is 5.41 Å². The average Bonchev–Trinajstić information content (AvgIpc) is 3.09. The van der Waals surface area contributed by atoms with Crippen molar-refractivity contribution >= 4 is 15.9 Å². The zero-order valence-corrected chi connectivity index (χ0v) is 11.0. The van der Waals surface area contributed by atoms with Crippen LogP contribution in [0.4, 0.5) is 0 Å². The molecule has 1 saturated carbocycles. The first-order chi connectivity index (χ1) is 7.68. The maximum atomic E-state index is 9.43. The van der Waals surface area contributed by atoms with Crippen molar-refractivity contribution in [2.75, 3.05) is 20.8 Å². The molecular weight excluding hydrogens is 272 g/mol. The predicted octanol–water partition coefficient (Wildman–Crippen LogP) is 2.49. The van der Waals surface area contributed by atoms with Gasteiger partial charge in [-0.25, -0.2) is 0 Å². The standard InChI is InChI=1S/C12H15BrO3/c1-15-9-4-3-8(10(13)11(9)16-2)12(7-14)5-6-12/h3-4,14H,5-7H2,1-2H3. The van der Waals surface area contributed by atoms with E-state index in [0.717, 1.165) is 22.9 Å². The second kappa shape index (κ2) is 4.26. The Morgan fingerprint density at radius 2 is 2.00 bits per heavy atom. The zero-order chi connectivity index (χ0) is 11.8. The van der Waals surface area contributed by atoms with Crippen LogP contribution >= 0.6 is 15.9 Å². The number of methoxy groups -OCH3 is 2. The molecule has 0 amide bonds. The number of rotatable bonds is 4. The minimum Gasteiger partial charge on any atom is -0.493 e. The van der Waals surface area contributed by atoms with Crippen molar-refractivity contribution in [3.05, 3.63) is 22.2 Å². The van der Waals surface area contributed by atoms with Crippen molar-refractivity contribution in [2.24, 2.45) is 0 Å². The molecule has 1 aromatic carbocycles. The molecule has 0 bridgehead atoms. The molecule has 0 atom stereocenters. The average molecular weight is 287 g/mol. The van der Waals surface area contributed by atoms with E-state index < -0.39 is 0 Å². The Kier molecular flexibility index (Phi) is 3.13. The van der Waals surface area contributed by atoms with E-state index in [2.05, 4.69) is 15.9 Å². The molecule has 16 heavy (non-hydrogen) atoms. The van der Waals surface area contributed by atoms with E-state index in [9.17, 15) is 5.11 Å². The maximum Gasteiger partial charge on any atom is 0.175 e. The van der Waals surface area contributed by atoms with Gasteiger partial charge in [-0.1, -0.05) is 6.07 Å². The van der Waals surface area contributed by atoms with E-state index >= 15 is 0 Å². The normalized spacial score (nSPS) is 17.0. The van der Waals surface area contributed by atoms with E-state index in [1.807, 2.05) is 12.1 Å². The lowest BCUT2D eigenvalue weighted by Gasteiger charge is -2.18. The Hall–Kier alpha value is -0.740. The van der Waals surface area contributed by atoms with Crippen LogP contribution in [-0.2, 0) is 5.41 Å². The lowest BCUT2D eigenvalue weighted by molar-refractivity contribution is 0.254. The quantitative estimate of drug-likeness (QED) is 0.924. The summed E-state index contributed by atoms with van der Waals surface area (Å²) in [4.78, 5) is 0. The van der Waals surface area contributed by atoms with Crippen molar-refractivity contribution in [3.8, 4) is 11.5 Å². The molecule has 1 N–H and O–H groups in total. The Bertz CT molecular complexity index is 399. The van der Waals surface area contributed by atoms with Crippen molar-refractivity contribution < 1.29 is 14.6 Å². The van der Waals surface area contributed by atoms with Crippen LogP contribution in [0.25, 0.3) is 0 Å². The molecular formula is C12H15BrO3. The number of hydrogen-bond donors (Lipinski definition) is 1. The second-order valence-corrected chi connectivity index (χ2v) is 4.89. The first kappa shape index (κ1) is 11.7. The molecule has 88 valence electrons. The fraction of sp³-hybridized carbons (Fsp3) is 0.500. The summed E-state index contributed by atoms with van der Waals surface area (Å²) in [6.07, 6.45) is 2.05. The molecule has 3 nitrogen and oxygen atoms in total. The van der Waals surface area contributed by atoms with Gasteiger partial charge in [0.05, 0.1) is 25.3 Å². The molecule has 1 aromatic rings. The number of halogens is 1. The predicted molar refractivity (Wildman–Crippen MR) is 65.2 cm³/mol. The fourth-order valence-electron chi connectivity index (χ4n) is 1.96. The van der Waals surface area contributed by atoms with E-state index in [0.29, 0.717) is 11.5 Å². The molecule has 0 aliphatic heterocycles. The van der Waals surface area contributed by atoms with Crippen LogP contribution in [0.1, 0.15) is 18.4 Å². The van der Waals surface area contributed by atoms with Crippen LogP contribution in [0.3, 0.4) is 0 Å². The van der Waals surface area contributed by atoms with Crippen molar-refractivity contribution in [3.63, 3.8) is 0 Å². The smallest absolute Gasteiger partial charge is 0.175 e. The SMILES string of the molecule is COc1ccc(C2(CO)CC2)c(Br)c1OC. The summed E-state index contributed by atoms with van der Waals surface area (Å²) in [5, 5.41) is 9.43. The third kappa shape index (κ3) is 1.70. The van der Waals surface area contributed by atoms with Gasteiger partial charge in [0.15, 0.2) is 11.5 Å². The summed E-state index contributed by atoms with van der Waals surface area (Å²) in [6, 6.07) is 3.88. The first-order valence-electron chi connectivity index (χ1n) is 5.20. The third-order valence-corrected chi connectivity index (χ3v) is 4.00. The van der Waals surface area contributed by atoms with Gasteiger partial charge < -0.3 is 14.6 Å². The van der Waals surface area contributed by atoms with Crippen molar-refractivity contribution in [2.45, 2.75) is 18.3 Å². The van der Waals surface area contributed by atoms with Gasteiger partial charge in [0.2, 0.25) is 0 Å². The molecule has 4 heteroatoms. The molecule has 1 fully saturated rings. The van der Waals surface area contributed by atoms with E-state index in [4.69, 9.17) is 9.47 Å². The van der Waals surface area contributed by atoms with Crippen LogP contribution in [0.2, 0.25) is 0 Å². The summed E-state index contributed by atoms with van der Waals surface area (Å²) < 4.78 is 11.4. The second-order valence-electron chi connectivity index (χ2n) is 4.10. The monoisotopic (exact) mass is 286 g/mol. The topological polar surface area (TPSA) is 38.7 Å². The zero-order valence-electron chi connectivity index (χ0n) is 9.42. The van der Waals surface area contributed by atoms with Crippen LogP contribution in [-0.4, -0.2) is 25.9 Å². The maximum absolute atomic E-state index is 9.43. The summed E-state index contributed by atoms with van der Waals surface area (Å²) in [5.74, 6) is 1.39. The van der Waals surface area contributed by atoms with E-state index in [-0.39, 0.29) is 12.0 Å². The van der Waals surface area contributed by atoms with E-state index in [1.165, 1.54) is 0 Å². The molecule has 0 unspecified atom stereocenters. The minimum atomic E-state index is -0.0710. The third-order valence-electron chi connectivity index (χ3n) is 3.21. The van der Waals surface area contributed by atoms with Gasteiger partial charge in [0.25, 0.3) is 0 Å². The number of aliphatic hydroxyl groups excluding tert-OH is 1. The van der Waals surface area contributed by atoms with Gasteiger partial charge in [-0.05, 0) is 40.4 Å². The number of benzene rings is 1. The minimum absolute atomic E-state index is 0.0710. The van der Waals surface area contributed by atoms with Crippen molar-refractivity contribution in [1.82, 2.24) is 0 Å². The van der Waals surface area contributed by atoms with Crippen LogP contribution in [0.15, 0.2) is 16.6 Å². The summed E-state index contributed by atoms with van der Waals surface area (Å²) >= 11 is 3.53. The molecule has 0 radical (unpaired) electrons. The van der Waals surface area contributed by atoms with Crippen molar-refractivity contribution in [1.29, 1.82) is 0 Å². The highest BCUT2D eigenvalue weighted by Crippen LogP contribution is 2.53. The van der Waals surface area contributed by atoms with Gasteiger partial charge >= 0.3 is 0 Å². The fourth-order valence-corrected chi connectivity index (χ4v) is 2.87. The van der Waals surface area contributed by atoms with Gasteiger partial charge in [-0.3, -0.25) is 0 Å². The summed E-state index contributed by atoms with van der Waals surface area (Å²) in [5.41, 5.74) is 1.03. The largest absolute Gasteiger partial charge is 0.493 e. The Balaban J connectivity index is 2.49. The van der Waals surface area contributed by atoms with Crippen LogP contribution in [0.5, 0.6) is 11.5 Å². The Morgan fingerprint density at radius 3 is 2.44 bits per heavy atom. The molecule has 0 heterocycles. The highest BCUT2D eigenvalue weighted by Gasteiger charge is 2.45. The Labute approximate surface area is 104 Å². The molecule has 2 rings (SSSR count). The highest BCUT2D eigenvalue weighted by molar-refractivity contribution is 9.10. The molecule has 0 saturated heterocycles. The number of ether oxygens (including phenoxy) is 2. The summed E-state index contributed by atoms with van der Waals surface area (Å²) in [7, 11) is 3.23. The summed E-state index contributed by atoms with van der Waals surface area (Å²) in [6.45, 7) is 0.182. The van der Waals surface area contributed by atoms with E-state index in [1.54, 1.807) is 14.2 Å². The highest BCUT2D eigenvalue weighted by atomic mass is 79.9. The van der Waals surface area contributed by atoms with Gasteiger partial charge in [-0.2, -0.15) is 0 Å². The molecule has 0 aromatic heterocycles. The van der Waals surface area contributed by atoms with Crippen LogP contribution < -0.4 is 9.47 Å². The molecule has 1 aliphatic rings. The number of hydrogen-bond acceptors (Lipinski definition) is 3. The van der Waals surface area contributed by atoms with Gasteiger partial charge in [0.1, 0.15) is 0 Å². The lowest BCUT2D eigenvalue weighted by atomic mass is 9.96. The Morgan fingerprint density at radius 1 is 1.31 bits per heavy atom. The van der Waals surface area contributed by atoms with Crippen LogP contribution in [0, 0.1) is 0 Å². The number of aliphatic hydroxyl groups is 1. The first-order valence-corrected chi connectivity index (χ1v) is 5.99. The lowest BCUT2D eigenvalue weighted by Crippen LogP contribution is -2.13. The molecule has 0 spiro atoms. The van der Waals surface area contributed by atoms with Gasteiger partial charge in [-0.15, -0.1) is 0 Å².